The molecule has 2 aromatic carbocycles. The SMILES string of the molecule is CC[C@@H](c1nnnn1Cc1ccc(OC)cc1)N(Cc1cc2cc(OC)c(OC)cc2[nH]c1=O)C1CCCC1. The van der Waals surface area contributed by atoms with Crippen molar-refractivity contribution in [1.29, 1.82) is 0 Å². The standard InChI is InChI=1S/C29H36N6O4/c1-5-25(28-31-32-33-35(28)17-19-10-12-23(37-2)13-11-19)34(22-8-6-7-9-22)18-21-14-20-15-26(38-3)27(39-4)16-24(20)30-29(21)36/h10-16,22,25H,5-9,17-18H2,1-4H3,(H,30,36)/t25-/m0/s1. The summed E-state index contributed by atoms with van der Waals surface area (Å²) in [4.78, 5) is 18.8. The van der Waals surface area contributed by atoms with Gasteiger partial charge in [0.15, 0.2) is 17.3 Å². The number of aromatic amines is 1. The molecule has 2 aromatic heterocycles. The van der Waals surface area contributed by atoms with Crippen molar-refractivity contribution in [2.75, 3.05) is 21.3 Å². The number of nitrogens with zero attached hydrogens (tertiary/aromatic N) is 5. The van der Waals surface area contributed by atoms with E-state index in [0.717, 1.165) is 41.8 Å². The van der Waals surface area contributed by atoms with E-state index >= 15 is 0 Å². The zero-order valence-electron chi connectivity index (χ0n) is 23.0. The molecule has 0 aliphatic heterocycles. The van der Waals surface area contributed by atoms with Gasteiger partial charge in [-0.3, -0.25) is 9.69 Å². The highest BCUT2D eigenvalue weighted by atomic mass is 16.5. The highest BCUT2D eigenvalue weighted by molar-refractivity contribution is 5.83. The molecule has 10 nitrogen and oxygen atoms in total. The Balaban J connectivity index is 1.48. The molecule has 10 heteroatoms. The fraction of sp³-hybridized carbons (Fsp3) is 0.448. The number of benzene rings is 2. The molecule has 5 rings (SSSR count). The predicted octanol–water partition coefficient (Wildman–Crippen LogP) is 4.48. The quantitative estimate of drug-likeness (QED) is 0.301. The number of pyridine rings is 1. The van der Waals surface area contributed by atoms with Crippen LogP contribution >= 0.6 is 0 Å². The van der Waals surface area contributed by atoms with Crippen molar-refractivity contribution in [1.82, 2.24) is 30.1 Å². The summed E-state index contributed by atoms with van der Waals surface area (Å²) in [5.74, 6) is 2.82. The summed E-state index contributed by atoms with van der Waals surface area (Å²) in [6.45, 7) is 3.21. The van der Waals surface area contributed by atoms with Gasteiger partial charge in [0, 0.05) is 29.6 Å². The molecule has 4 aromatic rings. The molecule has 1 aliphatic rings. The van der Waals surface area contributed by atoms with Crippen LogP contribution in [-0.2, 0) is 13.1 Å². The van der Waals surface area contributed by atoms with Crippen molar-refractivity contribution in [2.24, 2.45) is 0 Å². The van der Waals surface area contributed by atoms with E-state index in [1.807, 2.05) is 41.1 Å². The lowest BCUT2D eigenvalue weighted by molar-refractivity contribution is 0.112. The lowest BCUT2D eigenvalue weighted by atomic mass is 10.0. The fourth-order valence-corrected chi connectivity index (χ4v) is 5.65. The van der Waals surface area contributed by atoms with Crippen LogP contribution in [0.1, 0.15) is 62.0 Å². The molecule has 1 fully saturated rings. The Bertz CT molecular complexity index is 1460. The molecule has 206 valence electrons. The van der Waals surface area contributed by atoms with E-state index < -0.39 is 0 Å². The third-order valence-electron chi connectivity index (χ3n) is 7.71. The van der Waals surface area contributed by atoms with Crippen LogP contribution in [0.4, 0.5) is 0 Å². The fourth-order valence-electron chi connectivity index (χ4n) is 5.65. The first-order chi connectivity index (χ1) is 19.0. The van der Waals surface area contributed by atoms with Crippen molar-refractivity contribution >= 4 is 10.9 Å². The number of hydrogen-bond acceptors (Lipinski definition) is 8. The van der Waals surface area contributed by atoms with Gasteiger partial charge in [-0.05, 0) is 59.5 Å². The lowest BCUT2D eigenvalue weighted by Gasteiger charge is -2.35. The molecule has 0 bridgehead atoms. The van der Waals surface area contributed by atoms with E-state index in [1.54, 1.807) is 27.4 Å². The summed E-state index contributed by atoms with van der Waals surface area (Å²) >= 11 is 0. The van der Waals surface area contributed by atoms with Crippen molar-refractivity contribution in [3.63, 3.8) is 0 Å². The highest BCUT2D eigenvalue weighted by Gasteiger charge is 2.32. The van der Waals surface area contributed by atoms with Crippen LogP contribution in [0.2, 0.25) is 0 Å². The molecule has 1 aliphatic carbocycles. The van der Waals surface area contributed by atoms with Crippen molar-refractivity contribution in [3.05, 3.63) is 69.8 Å². The first kappa shape index (κ1) is 26.7. The van der Waals surface area contributed by atoms with Crippen LogP contribution in [0, 0.1) is 0 Å². The van der Waals surface area contributed by atoms with Gasteiger partial charge >= 0.3 is 0 Å². The Kier molecular flexibility index (Phi) is 8.11. The summed E-state index contributed by atoms with van der Waals surface area (Å²) in [6.07, 6.45) is 5.36. The maximum atomic E-state index is 13.3. The summed E-state index contributed by atoms with van der Waals surface area (Å²) < 4.78 is 18.1. The Hall–Kier alpha value is -3.92. The number of methoxy groups -OCH3 is 3. The first-order valence-electron chi connectivity index (χ1n) is 13.5. The Morgan fingerprint density at radius 3 is 2.41 bits per heavy atom. The maximum Gasteiger partial charge on any atom is 0.252 e. The van der Waals surface area contributed by atoms with Crippen LogP contribution < -0.4 is 19.8 Å². The molecule has 0 saturated heterocycles. The lowest BCUT2D eigenvalue weighted by Crippen LogP contribution is -2.39. The second kappa shape index (κ2) is 11.9. The highest BCUT2D eigenvalue weighted by Crippen LogP contribution is 2.35. The maximum absolute atomic E-state index is 13.3. The summed E-state index contributed by atoms with van der Waals surface area (Å²) in [5.41, 5.74) is 2.39. The van der Waals surface area contributed by atoms with Gasteiger partial charge in [-0.1, -0.05) is 31.9 Å². The second-order valence-electron chi connectivity index (χ2n) is 10.00. The number of H-pyrrole nitrogens is 1. The zero-order chi connectivity index (χ0) is 27.4. The van der Waals surface area contributed by atoms with Gasteiger partial charge in [0.2, 0.25) is 0 Å². The molecule has 1 saturated carbocycles. The molecule has 1 N–H and O–H groups in total. The molecular formula is C29H36N6O4. The summed E-state index contributed by atoms with van der Waals surface area (Å²) in [5, 5.41) is 13.8. The molecule has 0 spiro atoms. The molecule has 1 atom stereocenters. The van der Waals surface area contributed by atoms with E-state index in [-0.39, 0.29) is 11.6 Å². The Morgan fingerprint density at radius 1 is 1.03 bits per heavy atom. The van der Waals surface area contributed by atoms with Gasteiger partial charge in [-0.15, -0.1) is 5.10 Å². The molecule has 0 radical (unpaired) electrons. The number of ether oxygens (including phenoxy) is 3. The number of aromatic nitrogens is 5. The van der Waals surface area contributed by atoms with Gasteiger partial charge in [0.1, 0.15) is 5.75 Å². The Morgan fingerprint density at radius 2 is 1.74 bits per heavy atom. The number of nitrogens with one attached hydrogen (secondary N) is 1. The van der Waals surface area contributed by atoms with Crippen LogP contribution in [0.5, 0.6) is 17.2 Å². The van der Waals surface area contributed by atoms with E-state index in [0.29, 0.717) is 41.7 Å². The zero-order valence-corrected chi connectivity index (χ0v) is 23.0. The average Bonchev–Trinajstić information content (AvgIpc) is 3.66. The van der Waals surface area contributed by atoms with Gasteiger partial charge in [0.25, 0.3) is 5.56 Å². The van der Waals surface area contributed by atoms with Crippen LogP contribution in [-0.4, -0.2) is 57.5 Å². The second-order valence-corrected chi connectivity index (χ2v) is 10.00. The van der Waals surface area contributed by atoms with Gasteiger partial charge in [-0.2, -0.15) is 0 Å². The summed E-state index contributed by atoms with van der Waals surface area (Å²) in [7, 11) is 4.86. The average molecular weight is 533 g/mol. The van der Waals surface area contributed by atoms with Crippen molar-refractivity contribution in [2.45, 2.75) is 64.2 Å². The topological polar surface area (TPSA) is 107 Å². The first-order valence-corrected chi connectivity index (χ1v) is 13.5. The van der Waals surface area contributed by atoms with E-state index in [1.165, 1.54) is 12.8 Å². The number of fused-ring (bicyclic) bond motifs is 1. The molecule has 0 unspecified atom stereocenters. The molecule has 39 heavy (non-hydrogen) atoms. The van der Waals surface area contributed by atoms with E-state index in [2.05, 4.69) is 32.3 Å². The number of rotatable bonds is 11. The Labute approximate surface area is 227 Å². The summed E-state index contributed by atoms with van der Waals surface area (Å²) in [6, 6.07) is 13.9. The van der Waals surface area contributed by atoms with E-state index in [4.69, 9.17) is 14.2 Å². The van der Waals surface area contributed by atoms with Crippen molar-refractivity contribution < 1.29 is 14.2 Å². The van der Waals surface area contributed by atoms with Crippen LogP contribution in [0.3, 0.4) is 0 Å². The van der Waals surface area contributed by atoms with Gasteiger partial charge < -0.3 is 19.2 Å². The minimum Gasteiger partial charge on any atom is -0.497 e. The monoisotopic (exact) mass is 532 g/mol. The third kappa shape index (κ3) is 5.61. The van der Waals surface area contributed by atoms with E-state index in [9.17, 15) is 4.79 Å². The number of hydrogen-bond donors (Lipinski definition) is 1. The third-order valence-corrected chi connectivity index (χ3v) is 7.71. The molecule has 0 amide bonds. The van der Waals surface area contributed by atoms with Crippen LogP contribution in [0.25, 0.3) is 10.9 Å². The molecular weight excluding hydrogens is 496 g/mol. The number of tetrazole rings is 1. The van der Waals surface area contributed by atoms with Crippen molar-refractivity contribution in [3.8, 4) is 17.2 Å². The normalized spacial score (nSPS) is 14.7. The minimum atomic E-state index is -0.106. The predicted molar refractivity (Wildman–Crippen MR) is 148 cm³/mol. The molecule has 2 heterocycles. The van der Waals surface area contributed by atoms with Gasteiger partial charge in [-0.25, -0.2) is 4.68 Å². The van der Waals surface area contributed by atoms with Gasteiger partial charge in [0.05, 0.1) is 39.4 Å². The van der Waals surface area contributed by atoms with Crippen LogP contribution in [0.15, 0.2) is 47.3 Å². The smallest absolute Gasteiger partial charge is 0.252 e. The minimum absolute atomic E-state index is 0.0400. The largest absolute Gasteiger partial charge is 0.497 e.